The minimum atomic E-state index is -1.15. The number of hydrogen-bond acceptors (Lipinski definition) is 5. The fraction of sp³-hybridized carbons (Fsp3) is 0.250. The molecule has 7 heteroatoms. The van der Waals surface area contributed by atoms with Gasteiger partial charge in [-0.15, -0.1) is 24.4 Å². The largest absolute Gasteiger partial charge is 0.481 e. The number of carbonyl (C=O) groups is 2. The molecule has 1 unspecified atom stereocenters. The molecule has 1 atom stereocenters. The van der Waals surface area contributed by atoms with Crippen molar-refractivity contribution >= 4 is 46.6 Å². The summed E-state index contributed by atoms with van der Waals surface area (Å²) in [5.41, 5.74) is 1.13. The van der Waals surface area contributed by atoms with Crippen LogP contribution < -0.4 is 0 Å². The van der Waals surface area contributed by atoms with Crippen LogP contribution in [-0.2, 0) is 9.59 Å². The first-order valence-electron chi connectivity index (χ1n) is 5.41. The maximum Gasteiger partial charge on any atom is 0.316 e. The van der Waals surface area contributed by atoms with Crippen molar-refractivity contribution in [1.29, 1.82) is 0 Å². The first-order valence-corrected chi connectivity index (χ1v) is 7.08. The zero-order valence-corrected chi connectivity index (χ0v) is 11.7. The van der Waals surface area contributed by atoms with E-state index >= 15 is 0 Å². The molecule has 19 heavy (non-hydrogen) atoms. The first-order chi connectivity index (χ1) is 9.02. The Morgan fingerprint density at radius 1 is 1.53 bits per heavy atom. The number of aliphatic carboxylic acids is 1. The lowest BCUT2D eigenvalue weighted by Crippen LogP contribution is -2.14. The molecule has 1 aromatic carbocycles. The van der Waals surface area contributed by atoms with Gasteiger partial charge < -0.3 is 9.52 Å². The molecular weight excluding hydrogens is 286 g/mol. The number of rotatable bonds is 5. The number of thiol groups is 1. The molecule has 0 saturated heterocycles. The van der Waals surface area contributed by atoms with Gasteiger partial charge in [0.05, 0.1) is 0 Å². The quantitative estimate of drug-likeness (QED) is 0.652. The molecule has 0 bridgehead atoms. The van der Waals surface area contributed by atoms with Gasteiger partial charge in [-0.2, -0.15) is 0 Å². The number of aromatic nitrogens is 1. The van der Waals surface area contributed by atoms with Crippen molar-refractivity contribution in [2.45, 2.75) is 17.2 Å². The lowest BCUT2D eigenvalue weighted by Gasteiger charge is -2.04. The third-order valence-corrected chi connectivity index (χ3v) is 3.55. The van der Waals surface area contributed by atoms with Gasteiger partial charge in [-0.05, 0) is 18.4 Å². The monoisotopic (exact) mass is 297 g/mol. The summed E-state index contributed by atoms with van der Waals surface area (Å²) in [6, 6.07) is 5.40. The molecule has 1 heterocycles. The van der Waals surface area contributed by atoms with Crippen molar-refractivity contribution in [3.63, 3.8) is 0 Å². The summed E-state index contributed by atoms with van der Waals surface area (Å²) in [6.07, 6.45) is 1.65. The van der Waals surface area contributed by atoms with Gasteiger partial charge in [0, 0.05) is 11.3 Å². The molecule has 0 aliphatic carbocycles. The van der Waals surface area contributed by atoms with Crippen LogP contribution in [0.25, 0.3) is 11.1 Å². The van der Waals surface area contributed by atoms with Gasteiger partial charge in [0.25, 0.3) is 0 Å². The normalized spacial score (nSPS) is 12.5. The Balaban J connectivity index is 2.49. The predicted octanol–water partition coefficient (Wildman–Crippen LogP) is 2.56. The number of hydrogen-bond donors (Lipinski definition) is 2. The highest BCUT2D eigenvalue weighted by atomic mass is 32.2. The van der Waals surface area contributed by atoms with E-state index in [1.165, 1.54) is 11.8 Å². The highest BCUT2D eigenvalue weighted by Gasteiger charge is 2.27. The van der Waals surface area contributed by atoms with E-state index in [-0.39, 0.29) is 12.3 Å². The van der Waals surface area contributed by atoms with Crippen LogP contribution in [0, 0.1) is 0 Å². The summed E-state index contributed by atoms with van der Waals surface area (Å²) in [5, 5.41) is 8.62. The number of carboxylic acid groups (broad SMARTS) is 1. The molecular formula is C12H11NO4S2. The van der Waals surface area contributed by atoms with Gasteiger partial charge in [0.1, 0.15) is 11.4 Å². The molecule has 1 aromatic heterocycles. The van der Waals surface area contributed by atoms with E-state index in [1.54, 1.807) is 6.07 Å². The molecule has 5 nitrogen and oxygen atoms in total. The zero-order chi connectivity index (χ0) is 14.0. The number of para-hydroxylation sites is 1. The summed E-state index contributed by atoms with van der Waals surface area (Å²) < 4.78 is 5.44. The second-order valence-electron chi connectivity index (χ2n) is 3.85. The summed E-state index contributed by atoms with van der Waals surface area (Å²) in [6.45, 7) is 0. The third-order valence-electron chi connectivity index (χ3n) is 2.59. The van der Waals surface area contributed by atoms with Crippen LogP contribution in [0.3, 0.4) is 0 Å². The number of carbonyl (C=O) groups excluding carboxylic acids is 1. The van der Waals surface area contributed by atoms with Crippen LogP contribution in [0.15, 0.2) is 27.5 Å². The molecule has 2 rings (SSSR count). The van der Waals surface area contributed by atoms with Gasteiger partial charge >= 0.3 is 5.97 Å². The summed E-state index contributed by atoms with van der Waals surface area (Å²) in [5.74, 6) is -2.22. The van der Waals surface area contributed by atoms with Crippen molar-refractivity contribution in [2.24, 2.45) is 0 Å². The summed E-state index contributed by atoms with van der Waals surface area (Å²) in [7, 11) is 0. The van der Waals surface area contributed by atoms with Gasteiger partial charge in [-0.1, -0.05) is 6.07 Å². The second kappa shape index (κ2) is 5.66. The SMILES string of the molecule is CSc1cccc2oc(C(CC(=O)S)C(=O)O)nc12. The Kier molecular flexibility index (Phi) is 4.16. The van der Waals surface area contributed by atoms with Gasteiger partial charge in [-0.3, -0.25) is 9.59 Å². The number of oxazole rings is 1. The molecule has 0 fully saturated rings. The van der Waals surface area contributed by atoms with Crippen molar-refractivity contribution in [2.75, 3.05) is 6.26 Å². The van der Waals surface area contributed by atoms with Gasteiger partial charge in [0.15, 0.2) is 10.7 Å². The van der Waals surface area contributed by atoms with E-state index in [0.29, 0.717) is 11.1 Å². The number of carboxylic acids is 1. The van der Waals surface area contributed by atoms with E-state index in [1.807, 2.05) is 18.4 Å². The van der Waals surface area contributed by atoms with Gasteiger partial charge in [-0.25, -0.2) is 4.98 Å². The van der Waals surface area contributed by atoms with Crippen molar-refractivity contribution in [3.05, 3.63) is 24.1 Å². The Hall–Kier alpha value is -1.47. The molecule has 2 aromatic rings. The molecule has 0 aliphatic rings. The lowest BCUT2D eigenvalue weighted by atomic mass is 10.1. The maximum absolute atomic E-state index is 11.2. The van der Waals surface area contributed by atoms with Crippen LogP contribution in [0.4, 0.5) is 0 Å². The number of benzene rings is 1. The third kappa shape index (κ3) is 2.93. The molecule has 100 valence electrons. The van der Waals surface area contributed by atoms with Crippen LogP contribution in [0.2, 0.25) is 0 Å². The first kappa shape index (κ1) is 14.0. The standard InChI is InChI=1S/C12H11NO4S2/c1-19-8-4-2-3-7-10(8)13-11(17-7)6(12(15)16)5-9(14)18/h2-4,6H,5H2,1H3,(H,14,18)(H,15,16). The van der Waals surface area contributed by atoms with Crippen molar-refractivity contribution in [3.8, 4) is 0 Å². The van der Waals surface area contributed by atoms with Crippen LogP contribution in [0.1, 0.15) is 18.2 Å². The fourth-order valence-electron chi connectivity index (χ4n) is 1.71. The number of thioether (sulfide) groups is 1. The molecule has 0 radical (unpaired) electrons. The van der Waals surface area contributed by atoms with E-state index in [4.69, 9.17) is 9.52 Å². The number of nitrogens with zero attached hydrogens (tertiary/aromatic N) is 1. The zero-order valence-electron chi connectivity index (χ0n) is 9.99. The Bertz CT molecular complexity index is 638. The van der Waals surface area contributed by atoms with Crippen molar-refractivity contribution < 1.29 is 19.1 Å². The fourth-order valence-corrected chi connectivity index (χ4v) is 2.45. The summed E-state index contributed by atoms with van der Waals surface area (Å²) >= 11 is 5.10. The Morgan fingerprint density at radius 3 is 2.84 bits per heavy atom. The highest BCUT2D eigenvalue weighted by molar-refractivity contribution is 7.98. The minimum Gasteiger partial charge on any atom is -0.481 e. The highest BCUT2D eigenvalue weighted by Crippen LogP contribution is 2.30. The lowest BCUT2D eigenvalue weighted by molar-refractivity contribution is -0.140. The Morgan fingerprint density at radius 2 is 2.26 bits per heavy atom. The molecule has 1 N–H and O–H groups in total. The van der Waals surface area contributed by atoms with E-state index < -0.39 is 17.0 Å². The average molecular weight is 297 g/mol. The molecule has 0 amide bonds. The summed E-state index contributed by atoms with van der Waals surface area (Å²) in [4.78, 5) is 27.3. The van der Waals surface area contributed by atoms with Crippen LogP contribution in [0.5, 0.6) is 0 Å². The molecule has 0 aliphatic heterocycles. The minimum absolute atomic E-state index is 0.0337. The van der Waals surface area contributed by atoms with E-state index in [9.17, 15) is 9.59 Å². The van der Waals surface area contributed by atoms with Gasteiger partial charge in [0.2, 0.25) is 5.89 Å². The topological polar surface area (TPSA) is 80.4 Å². The predicted molar refractivity (Wildman–Crippen MR) is 74.8 cm³/mol. The number of fused-ring (bicyclic) bond motifs is 1. The molecule has 0 spiro atoms. The van der Waals surface area contributed by atoms with E-state index in [0.717, 1.165) is 4.90 Å². The van der Waals surface area contributed by atoms with Crippen LogP contribution in [-0.4, -0.2) is 27.4 Å². The molecule has 0 saturated carbocycles. The second-order valence-corrected chi connectivity index (χ2v) is 5.19. The van der Waals surface area contributed by atoms with E-state index in [2.05, 4.69) is 17.6 Å². The van der Waals surface area contributed by atoms with Crippen LogP contribution >= 0.6 is 24.4 Å². The van der Waals surface area contributed by atoms with Crippen molar-refractivity contribution in [1.82, 2.24) is 4.98 Å². The average Bonchev–Trinajstić information content (AvgIpc) is 2.78. The maximum atomic E-state index is 11.2. The Labute approximate surface area is 118 Å². The smallest absolute Gasteiger partial charge is 0.316 e.